The van der Waals surface area contributed by atoms with Gasteiger partial charge in [0.2, 0.25) is 10.0 Å². The number of methoxy groups -OCH3 is 1. The predicted molar refractivity (Wildman–Crippen MR) is 142 cm³/mol. The van der Waals surface area contributed by atoms with Crippen LogP contribution in [0, 0.1) is 0 Å². The van der Waals surface area contributed by atoms with Gasteiger partial charge >= 0.3 is 0 Å². The zero-order valence-electron chi connectivity index (χ0n) is 21.1. The van der Waals surface area contributed by atoms with E-state index >= 15 is 0 Å². The van der Waals surface area contributed by atoms with Gasteiger partial charge in [-0.1, -0.05) is 75.4 Å². The van der Waals surface area contributed by atoms with Crippen LogP contribution in [0.25, 0.3) is 11.1 Å². The van der Waals surface area contributed by atoms with Crippen molar-refractivity contribution in [2.75, 3.05) is 20.2 Å². The van der Waals surface area contributed by atoms with Gasteiger partial charge in [0.1, 0.15) is 5.75 Å². The van der Waals surface area contributed by atoms with Gasteiger partial charge in [0.25, 0.3) is 0 Å². The lowest BCUT2D eigenvalue weighted by Crippen LogP contribution is -2.44. The van der Waals surface area contributed by atoms with Gasteiger partial charge in [-0.2, -0.15) is 0 Å². The highest BCUT2D eigenvalue weighted by Gasteiger charge is 2.27. The fourth-order valence-corrected chi connectivity index (χ4v) is 6.09. The number of nitrogens with one attached hydrogen (secondary N) is 1. The smallest absolute Gasteiger partial charge is 0.241 e. The van der Waals surface area contributed by atoms with Crippen molar-refractivity contribution < 1.29 is 13.2 Å². The van der Waals surface area contributed by atoms with E-state index in [1.54, 1.807) is 19.2 Å². The molecule has 1 fully saturated rings. The first-order valence-corrected chi connectivity index (χ1v) is 13.7. The highest BCUT2D eigenvalue weighted by atomic mass is 32.2. The van der Waals surface area contributed by atoms with Crippen molar-refractivity contribution in [2.45, 2.75) is 56.5 Å². The van der Waals surface area contributed by atoms with Crippen LogP contribution in [0.4, 0.5) is 0 Å². The standard InChI is InChI=1S/C29H36N2O3S/c1-29(2,3)24-12-10-23(11-13-24)27-20-26(34-4)14-15-28(27)35(32,33)30-25-16-18-31(19-17-25)21-22-8-6-5-7-9-22/h5-15,20,25,30H,16-19,21H2,1-4H3. The Morgan fingerprint density at radius 1 is 0.943 bits per heavy atom. The van der Waals surface area contributed by atoms with Gasteiger partial charge in [0, 0.05) is 31.2 Å². The molecule has 186 valence electrons. The van der Waals surface area contributed by atoms with E-state index in [1.807, 2.05) is 24.3 Å². The Balaban J connectivity index is 1.51. The average Bonchev–Trinajstić information content (AvgIpc) is 2.85. The Morgan fingerprint density at radius 3 is 2.20 bits per heavy atom. The molecule has 1 heterocycles. The molecule has 1 aliphatic heterocycles. The van der Waals surface area contributed by atoms with Crippen molar-refractivity contribution >= 4 is 10.0 Å². The maximum Gasteiger partial charge on any atom is 0.241 e. The number of hydrogen-bond acceptors (Lipinski definition) is 4. The molecule has 1 N–H and O–H groups in total. The zero-order chi connectivity index (χ0) is 25.1. The average molecular weight is 493 g/mol. The van der Waals surface area contributed by atoms with Gasteiger partial charge in [-0.25, -0.2) is 13.1 Å². The van der Waals surface area contributed by atoms with Gasteiger partial charge in [-0.3, -0.25) is 4.90 Å². The summed E-state index contributed by atoms with van der Waals surface area (Å²) in [5.74, 6) is 0.632. The van der Waals surface area contributed by atoms with Crippen LogP contribution in [0.2, 0.25) is 0 Å². The molecule has 0 bridgehead atoms. The van der Waals surface area contributed by atoms with E-state index in [9.17, 15) is 8.42 Å². The van der Waals surface area contributed by atoms with Gasteiger partial charge in [-0.05, 0) is 53.1 Å². The Morgan fingerprint density at radius 2 is 1.60 bits per heavy atom. The lowest BCUT2D eigenvalue weighted by atomic mass is 9.86. The molecule has 4 rings (SSSR count). The van der Waals surface area contributed by atoms with E-state index in [0.29, 0.717) is 11.3 Å². The molecule has 0 radical (unpaired) electrons. The minimum absolute atomic E-state index is 0.0265. The highest BCUT2D eigenvalue weighted by molar-refractivity contribution is 7.89. The van der Waals surface area contributed by atoms with Crippen molar-refractivity contribution in [2.24, 2.45) is 0 Å². The number of nitrogens with zero attached hydrogens (tertiary/aromatic N) is 1. The van der Waals surface area contributed by atoms with Crippen LogP contribution in [0.3, 0.4) is 0 Å². The molecule has 3 aromatic carbocycles. The topological polar surface area (TPSA) is 58.6 Å². The summed E-state index contributed by atoms with van der Waals surface area (Å²) in [5, 5.41) is 0. The van der Waals surface area contributed by atoms with E-state index in [-0.39, 0.29) is 16.4 Å². The predicted octanol–water partition coefficient (Wildman–Crippen LogP) is 5.60. The third-order valence-corrected chi connectivity index (χ3v) is 8.28. The molecule has 0 aliphatic carbocycles. The van der Waals surface area contributed by atoms with Crippen LogP contribution in [-0.2, 0) is 22.0 Å². The lowest BCUT2D eigenvalue weighted by molar-refractivity contribution is 0.200. The summed E-state index contributed by atoms with van der Waals surface area (Å²) in [6.45, 7) is 9.13. The third-order valence-electron chi connectivity index (χ3n) is 6.70. The maximum absolute atomic E-state index is 13.5. The van der Waals surface area contributed by atoms with Crippen LogP contribution in [0.15, 0.2) is 77.7 Å². The Hall–Kier alpha value is -2.67. The zero-order valence-corrected chi connectivity index (χ0v) is 21.9. The summed E-state index contributed by atoms with van der Waals surface area (Å²) >= 11 is 0. The molecule has 5 nitrogen and oxygen atoms in total. The summed E-state index contributed by atoms with van der Waals surface area (Å²) < 4.78 is 35.5. The maximum atomic E-state index is 13.5. The van der Waals surface area contributed by atoms with E-state index in [2.05, 4.69) is 66.8 Å². The normalized spacial score (nSPS) is 15.8. The molecule has 1 aliphatic rings. The number of ether oxygens (including phenoxy) is 1. The third kappa shape index (κ3) is 6.31. The molecular formula is C29H36N2O3S. The number of sulfonamides is 1. The number of likely N-dealkylation sites (tertiary alicyclic amines) is 1. The second-order valence-electron chi connectivity index (χ2n) is 10.3. The van der Waals surface area contributed by atoms with Crippen LogP contribution in [0.1, 0.15) is 44.7 Å². The quantitative estimate of drug-likeness (QED) is 0.466. The summed E-state index contributed by atoms with van der Waals surface area (Å²) in [6, 6.07) is 23.6. The Kier molecular flexibility index (Phi) is 7.64. The molecule has 0 amide bonds. The fourth-order valence-electron chi connectivity index (χ4n) is 4.58. The van der Waals surface area contributed by atoms with Crippen molar-refractivity contribution in [3.05, 3.63) is 83.9 Å². The first kappa shape index (κ1) is 25.4. The summed E-state index contributed by atoms with van der Waals surface area (Å²) in [4.78, 5) is 2.67. The molecule has 1 saturated heterocycles. The number of rotatable bonds is 7. The van der Waals surface area contributed by atoms with Crippen LogP contribution in [0.5, 0.6) is 5.75 Å². The van der Waals surface area contributed by atoms with Gasteiger partial charge < -0.3 is 4.74 Å². The van der Waals surface area contributed by atoms with Crippen LogP contribution < -0.4 is 9.46 Å². The van der Waals surface area contributed by atoms with Gasteiger partial charge in [0.15, 0.2) is 0 Å². The second kappa shape index (κ2) is 10.5. The van der Waals surface area contributed by atoms with Gasteiger partial charge in [-0.15, -0.1) is 0 Å². The molecule has 0 aromatic heterocycles. The van der Waals surface area contributed by atoms with Crippen LogP contribution in [-0.4, -0.2) is 39.6 Å². The lowest BCUT2D eigenvalue weighted by Gasteiger charge is -2.32. The SMILES string of the molecule is COc1ccc(S(=O)(=O)NC2CCN(Cc3ccccc3)CC2)c(-c2ccc(C(C)(C)C)cc2)c1. The van der Waals surface area contributed by atoms with E-state index < -0.39 is 10.0 Å². The highest BCUT2D eigenvalue weighted by Crippen LogP contribution is 2.33. The number of piperidine rings is 1. The molecular weight excluding hydrogens is 456 g/mol. The molecule has 0 spiro atoms. The molecule has 6 heteroatoms. The minimum Gasteiger partial charge on any atom is -0.497 e. The monoisotopic (exact) mass is 492 g/mol. The first-order valence-electron chi connectivity index (χ1n) is 12.2. The fraction of sp³-hybridized carbons (Fsp3) is 0.379. The number of hydrogen-bond donors (Lipinski definition) is 1. The molecule has 3 aromatic rings. The van der Waals surface area contributed by atoms with Crippen molar-refractivity contribution in [1.82, 2.24) is 9.62 Å². The van der Waals surface area contributed by atoms with Gasteiger partial charge in [0.05, 0.1) is 12.0 Å². The van der Waals surface area contributed by atoms with E-state index in [1.165, 1.54) is 11.1 Å². The van der Waals surface area contributed by atoms with E-state index in [4.69, 9.17) is 4.74 Å². The molecule has 0 saturated carbocycles. The largest absolute Gasteiger partial charge is 0.497 e. The van der Waals surface area contributed by atoms with Crippen molar-refractivity contribution in [3.63, 3.8) is 0 Å². The van der Waals surface area contributed by atoms with Crippen molar-refractivity contribution in [3.8, 4) is 16.9 Å². The van der Waals surface area contributed by atoms with Crippen molar-refractivity contribution in [1.29, 1.82) is 0 Å². The number of benzene rings is 3. The second-order valence-corrected chi connectivity index (χ2v) is 12.0. The summed E-state index contributed by atoms with van der Waals surface area (Å²) in [7, 11) is -2.11. The summed E-state index contributed by atoms with van der Waals surface area (Å²) in [5.41, 5.74) is 4.02. The first-order chi connectivity index (χ1) is 16.7. The molecule has 0 unspecified atom stereocenters. The summed E-state index contributed by atoms with van der Waals surface area (Å²) in [6.07, 6.45) is 1.58. The van der Waals surface area contributed by atoms with E-state index in [0.717, 1.165) is 38.0 Å². The molecule has 0 atom stereocenters. The Bertz CT molecular complexity index is 1230. The van der Waals surface area contributed by atoms with Crippen LogP contribution >= 0.6 is 0 Å². The molecule has 35 heavy (non-hydrogen) atoms. The minimum atomic E-state index is -3.70. The Labute approximate surface area is 210 Å².